The summed E-state index contributed by atoms with van der Waals surface area (Å²) in [5.74, 6) is 1.05. The zero-order valence-corrected chi connectivity index (χ0v) is 12.2. The predicted molar refractivity (Wildman–Crippen MR) is 78.1 cm³/mol. The molecular formula is C14H22N2OS. The van der Waals surface area contributed by atoms with Crippen LogP contribution >= 0.6 is 11.8 Å². The van der Waals surface area contributed by atoms with Crippen LogP contribution in [0.3, 0.4) is 0 Å². The van der Waals surface area contributed by atoms with Crippen LogP contribution in [0.5, 0.6) is 0 Å². The maximum absolute atomic E-state index is 11.8. The molecule has 1 rings (SSSR count). The minimum absolute atomic E-state index is 0.213. The second-order valence-electron chi connectivity index (χ2n) is 4.33. The number of rotatable bonds is 7. The van der Waals surface area contributed by atoms with E-state index in [0.29, 0.717) is 6.42 Å². The summed E-state index contributed by atoms with van der Waals surface area (Å²) < 4.78 is 0. The predicted octanol–water partition coefficient (Wildman–Crippen LogP) is 2.16. The fourth-order valence-electron chi connectivity index (χ4n) is 1.49. The van der Waals surface area contributed by atoms with Crippen molar-refractivity contribution in [3.05, 3.63) is 29.8 Å². The Bertz CT molecular complexity index is 365. The Balaban J connectivity index is 2.24. The van der Waals surface area contributed by atoms with E-state index in [4.69, 9.17) is 0 Å². The topological polar surface area (TPSA) is 32.3 Å². The zero-order valence-electron chi connectivity index (χ0n) is 11.4. The molecule has 0 spiro atoms. The lowest BCUT2D eigenvalue weighted by atomic mass is 10.2. The number of nitrogens with zero attached hydrogens (tertiary/aromatic N) is 1. The summed E-state index contributed by atoms with van der Waals surface area (Å²) in [6.45, 7) is 3.69. The van der Waals surface area contributed by atoms with Crippen molar-refractivity contribution in [1.82, 2.24) is 10.2 Å². The van der Waals surface area contributed by atoms with Crippen molar-refractivity contribution in [1.29, 1.82) is 0 Å². The number of benzene rings is 1. The Labute approximate surface area is 114 Å². The highest BCUT2D eigenvalue weighted by Crippen LogP contribution is 2.19. The number of hydrogen-bond donors (Lipinski definition) is 1. The molecule has 0 heterocycles. The molecule has 0 atom stereocenters. The van der Waals surface area contributed by atoms with Gasteiger partial charge in [0.25, 0.3) is 0 Å². The maximum atomic E-state index is 11.8. The summed E-state index contributed by atoms with van der Waals surface area (Å²) >= 11 is 1.74. The summed E-state index contributed by atoms with van der Waals surface area (Å²) in [5, 5.41) is 3.04. The summed E-state index contributed by atoms with van der Waals surface area (Å²) in [4.78, 5) is 14.8. The van der Waals surface area contributed by atoms with Gasteiger partial charge >= 0.3 is 0 Å². The van der Waals surface area contributed by atoms with E-state index >= 15 is 0 Å². The maximum Gasteiger partial charge on any atom is 0.223 e. The number of hydrogen-bond acceptors (Lipinski definition) is 3. The van der Waals surface area contributed by atoms with Crippen molar-refractivity contribution < 1.29 is 4.79 Å². The number of aryl methyl sites for hydroxylation is 1. The monoisotopic (exact) mass is 266 g/mol. The van der Waals surface area contributed by atoms with Crippen LogP contribution in [0.15, 0.2) is 29.2 Å². The molecule has 18 heavy (non-hydrogen) atoms. The third-order valence-electron chi connectivity index (χ3n) is 2.73. The van der Waals surface area contributed by atoms with E-state index in [1.807, 2.05) is 14.1 Å². The third-order valence-corrected chi connectivity index (χ3v) is 3.74. The van der Waals surface area contributed by atoms with Crippen molar-refractivity contribution in [3.8, 4) is 0 Å². The molecule has 1 aromatic carbocycles. The minimum atomic E-state index is 0.213. The van der Waals surface area contributed by atoms with Crippen LogP contribution in [0, 0.1) is 6.92 Å². The lowest BCUT2D eigenvalue weighted by Gasteiger charge is -2.16. The molecule has 4 heteroatoms. The molecule has 1 N–H and O–H groups in total. The lowest BCUT2D eigenvalue weighted by molar-refractivity contribution is -0.129. The molecule has 0 radical (unpaired) electrons. The largest absolute Gasteiger partial charge is 0.344 e. The number of carbonyl (C=O) groups is 1. The minimum Gasteiger partial charge on any atom is -0.344 e. The van der Waals surface area contributed by atoms with Gasteiger partial charge in [0, 0.05) is 37.2 Å². The van der Waals surface area contributed by atoms with Crippen molar-refractivity contribution in [2.24, 2.45) is 0 Å². The Hall–Kier alpha value is -1.00. The first-order chi connectivity index (χ1) is 8.63. The van der Waals surface area contributed by atoms with Crippen LogP contribution in [0.1, 0.15) is 12.0 Å². The van der Waals surface area contributed by atoms with Crippen LogP contribution in [-0.2, 0) is 4.79 Å². The van der Waals surface area contributed by atoms with E-state index in [1.165, 1.54) is 10.5 Å². The molecule has 0 saturated carbocycles. The Morgan fingerprint density at radius 1 is 1.33 bits per heavy atom. The van der Waals surface area contributed by atoms with Gasteiger partial charge in [-0.25, -0.2) is 0 Å². The Morgan fingerprint density at radius 3 is 2.61 bits per heavy atom. The molecule has 0 fully saturated rings. The molecular weight excluding hydrogens is 244 g/mol. The average Bonchev–Trinajstić information content (AvgIpc) is 2.38. The van der Waals surface area contributed by atoms with Crippen molar-refractivity contribution in [3.63, 3.8) is 0 Å². The smallest absolute Gasteiger partial charge is 0.223 e. The molecule has 0 aliphatic rings. The molecule has 0 bridgehead atoms. The lowest BCUT2D eigenvalue weighted by Crippen LogP contribution is -2.32. The highest BCUT2D eigenvalue weighted by molar-refractivity contribution is 7.99. The van der Waals surface area contributed by atoms with Crippen molar-refractivity contribution in [2.75, 3.05) is 32.9 Å². The SMILES string of the molecule is CNCCN(C)C(=O)CCSc1ccc(C)cc1. The van der Waals surface area contributed by atoms with Gasteiger partial charge in [0.05, 0.1) is 0 Å². The van der Waals surface area contributed by atoms with Crippen molar-refractivity contribution >= 4 is 17.7 Å². The summed E-state index contributed by atoms with van der Waals surface area (Å²) in [7, 11) is 3.75. The van der Waals surface area contributed by atoms with Gasteiger partial charge in [0.2, 0.25) is 5.91 Å². The van der Waals surface area contributed by atoms with E-state index in [9.17, 15) is 4.79 Å². The molecule has 0 aliphatic carbocycles. The number of amides is 1. The van der Waals surface area contributed by atoms with Crippen LogP contribution < -0.4 is 5.32 Å². The molecule has 0 saturated heterocycles. The van der Waals surface area contributed by atoms with Gasteiger partial charge in [-0.05, 0) is 26.1 Å². The van der Waals surface area contributed by atoms with E-state index in [0.717, 1.165) is 18.8 Å². The standard InChI is InChI=1S/C14H22N2OS/c1-12-4-6-13(7-5-12)18-11-8-14(17)16(3)10-9-15-2/h4-7,15H,8-11H2,1-3H3. The normalized spacial score (nSPS) is 10.4. The number of nitrogens with one attached hydrogen (secondary N) is 1. The average molecular weight is 266 g/mol. The van der Waals surface area contributed by atoms with Crippen LogP contribution in [0.4, 0.5) is 0 Å². The number of carbonyl (C=O) groups excluding carboxylic acids is 1. The van der Waals surface area contributed by atoms with Crippen LogP contribution in [0.25, 0.3) is 0 Å². The summed E-state index contributed by atoms with van der Waals surface area (Å²) in [6.07, 6.45) is 0.596. The first kappa shape index (κ1) is 15.1. The molecule has 3 nitrogen and oxygen atoms in total. The van der Waals surface area contributed by atoms with E-state index in [1.54, 1.807) is 16.7 Å². The molecule has 0 aromatic heterocycles. The Morgan fingerprint density at radius 2 is 2.00 bits per heavy atom. The van der Waals surface area contributed by atoms with Gasteiger partial charge in [-0.1, -0.05) is 17.7 Å². The first-order valence-corrected chi connectivity index (χ1v) is 7.20. The fraction of sp³-hybridized carbons (Fsp3) is 0.500. The number of likely N-dealkylation sites (N-methyl/N-ethyl adjacent to an activating group) is 2. The van der Waals surface area contributed by atoms with Crippen LogP contribution in [0.2, 0.25) is 0 Å². The zero-order chi connectivity index (χ0) is 13.4. The summed E-state index contributed by atoms with van der Waals surface area (Å²) in [6, 6.07) is 8.41. The number of thioether (sulfide) groups is 1. The van der Waals surface area contributed by atoms with Gasteiger partial charge in [-0.3, -0.25) is 4.79 Å². The first-order valence-electron chi connectivity index (χ1n) is 6.21. The molecule has 0 aliphatic heterocycles. The second kappa shape index (κ2) is 8.16. The Kier molecular flexibility index (Phi) is 6.83. The molecule has 0 unspecified atom stereocenters. The van der Waals surface area contributed by atoms with E-state index in [-0.39, 0.29) is 5.91 Å². The van der Waals surface area contributed by atoms with Gasteiger partial charge in [0.1, 0.15) is 0 Å². The van der Waals surface area contributed by atoms with E-state index in [2.05, 4.69) is 36.5 Å². The van der Waals surface area contributed by atoms with Gasteiger partial charge in [0.15, 0.2) is 0 Å². The summed E-state index contributed by atoms with van der Waals surface area (Å²) in [5.41, 5.74) is 1.27. The van der Waals surface area contributed by atoms with Gasteiger partial charge in [-0.2, -0.15) is 0 Å². The third kappa shape index (κ3) is 5.56. The van der Waals surface area contributed by atoms with Crippen molar-refractivity contribution in [2.45, 2.75) is 18.2 Å². The highest BCUT2D eigenvalue weighted by Gasteiger charge is 2.07. The quantitative estimate of drug-likeness (QED) is 0.768. The van der Waals surface area contributed by atoms with Gasteiger partial charge < -0.3 is 10.2 Å². The second-order valence-corrected chi connectivity index (χ2v) is 5.50. The van der Waals surface area contributed by atoms with E-state index < -0.39 is 0 Å². The molecule has 100 valence electrons. The molecule has 1 amide bonds. The van der Waals surface area contributed by atoms with Gasteiger partial charge in [-0.15, -0.1) is 11.8 Å². The van der Waals surface area contributed by atoms with Crippen LogP contribution in [-0.4, -0.2) is 43.7 Å². The fourth-order valence-corrected chi connectivity index (χ4v) is 2.33. The highest BCUT2D eigenvalue weighted by atomic mass is 32.2. The molecule has 1 aromatic rings.